The number of nitrogens with zero attached hydrogens (tertiary/aromatic N) is 4. The maximum Gasteiger partial charge on any atom is 0.200 e. The molecule has 3 aromatic rings. The second kappa shape index (κ2) is 8.27. The van der Waals surface area contributed by atoms with Gasteiger partial charge in [0.1, 0.15) is 5.69 Å². The molecule has 7 heteroatoms. The molecule has 4 rings (SSSR count). The van der Waals surface area contributed by atoms with Crippen LogP contribution in [0.4, 0.5) is 5.82 Å². The Kier molecular flexibility index (Phi) is 5.67. The Morgan fingerprint density at radius 3 is 2.35 bits per heavy atom. The van der Waals surface area contributed by atoms with Gasteiger partial charge in [-0.25, -0.2) is 18.4 Å². The predicted octanol–water partition coefficient (Wildman–Crippen LogP) is 4.52. The maximum absolute atomic E-state index is 13.7. The molecule has 1 aliphatic heterocycles. The number of para-hydroxylation sites is 2. The van der Waals surface area contributed by atoms with E-state index in [2.05, 4.69) is 16.8 Å². The average Bonchev–Trinajstić information content (AvgIpc) is 2.76. The predicted molar refractivity (Wildman–Crippen MR) is 122 cm³/mol. The molecule has 160 valence electrons. The van der Waals surface area contributed by atoms with Gasteiger partial charge >= 0.3 is 0 Å². The van der Waals surface area contributed by atoms with E-state index in [-0.39, 0.29) is 10.6 Å². The quantitative estimate of drug-likeness (QED) is 0.600. The molecule has 0 bridgehead atoms. The highest BCUT2D eigenvalue weighted by Gasteiger charge is 2.36. The summed E-state index contributed by atoms with van der Waals surface area (Å²) in [7, 11) is -3.99. The van der Waals surface area contributed by atoms with Gasteiger partial charge in [0.15, 0.2) is 11.1 Å². The monoisotopic (exact) mass is 434 g/mol. The third-order valence-corrected chi connectivity index (χ3v) is 7.99. The fourth-order valence-electron chi connectivity index (χ4n) is 4.05. The summed E-state index contributed by atoms with van der Waals surface area (Å²) in [6, 6.07) is 14.7. The standard InChI is InChI=1S/C24H26N4O2S/c1-16-10-12-28(13-11-16)24-23(26-19-6-4-5-7-20(19)27-24)22(15-25)31(29,30)21-14-17(2)8-9-18(21)3/h4-9,14,16,22H,10-13H2,1-3H3/t22-/m1/s1. The van der Waals surface area contributed by atoms with Crippen molar-refractivity contribution in [3.8, 4) is 6.07 Å². The third-order valence-electron chi connectivity index (χ3n) is 5.99. The second-order valence-corrected chi connectivity index (χ2v) is 10.4. The van der Waals surface area contributed by atoms with Crippen LogP contribution in [0.3, 0.4) is 0 Å². The minimum Gasteiger partial charge on any atom is -0.355 e. The van der Waals surface area contributed by atoms with Crippen LogP contribution in [0, 0.1) is 31.1 Å². The second-order valence-electron chi connectivity index (χ2n) is 8.41. The molecule has 0 saturated carbocycles. The van der Waals surface area contributed by atoms with E-state index in [0.29, 0.717) is 28.3 Å². The number of fused-ring (bicyclic) bond motifs is 1. The third kappa shape index (κ3) is 4.00. The van der Waals surface area contributed by atoms with E-state index >= 15 is 0 Å². The Morgan fingerprint density at radius 2 is 1.71 bits per heavy atom. The largest absolute Gasteiger partial charge is 0.355 e. The Morgan fingerprint density at radius 1 is 1.06 bits per heavy atom. The topological polar surface area (TPSA) is 86.9 Å². The summed E-state index contributed by atoms with van der Waals surface area (Å²) in [5.41, 5.74) is 2.95. The summed E-state index contributed by atoms with van der Waals surface area (Å²) in [6.07, 6.45) is 1.99. The van der Waals surface area contributed by atoms with Crippen LogP contribution in [-0.4, -0.2) is 31.5 Å². The van der Waals surface area contributed by atoms with Gasteiger partial charge in [0.2, 0.25) is 9.84 Å². The molecule has 2 heterocycles. The molecular weight excluding hydrogens is 408 g/mol. The maximum atomic E-state index is 13.7. The number of piperidine rings is 1. The lowest BCUT2D eigenvalue weighted by Crippen LogP contribution is -2.35. The molecule has 1 fully saturated rings. The molecule has 6 nitrogen and oxygen atoms in total. The molecule has 1 atom stereocenters. The molecule has 31 heavy (non-hydrogen) atoms. The molecule has 0 radical (unpaired) electrons. The number of aromatic nitrogens is 2. The lowest BCUT2D eigenvalue weighted by molar-refractivity contribution is 0.436. The van der Waals surface area contributed by atoms with Crippen LogP contribution in [0.5, 0.6) is 0 Å². The molecule has 1 aromatic heterocycles. The van der Waals surface area contributed by atoms with Gasteiger partial charge in [-0.15, -0.1) is 0 Å². The normalized spacial score (nSPS) is 16.3. The highest BCUT2D eigenvalue weighted by Crippen LogP contribution is 2.36. The smallest absolute Gasteiger partial charge is 0.200 e. The summed E-state index contributed by atoms with van der Waals surface area (Å²) in [4.78, 5) is 11.7. The lowest BCUT2D eigenvalue weighted by Gasteiger charge is -2.32. The summed E-state index contributed by atoms with van der Waals surface area (Å²) in [5.74, 6) is 1.12. The summed E-state index contributed by atoms with van der Waals surface area (Å²) in [6.45, 7) is 7.34. The summed E-state index contributed by atoms with van der Waals surface area (Å²) in [5, 5.41) is 8.63. The number of aryl methyl sites for hydroxylation is 2. The van der Waals surface area contributed by atoms with Gasteiger partial charge in [-0.05, 0) is 61.9 Å². The van der Waals surface area contributed by atoms with Gasteiger partial charge in [0.05, 0.1) is 22.0 Å². The first-order valence-electron chi connectivity index (χ1n) is 10.5. The number of anilines is 1. The molecule has 0 N–H and O–H groups in total. The van der Waals surface area contributed by atoms with Crippen molar-refractivity contribution in [2.24, 2.45) is 5.92 Å². The van der Waals surface area contributed by atoms with E-state index < -0.39 is 15.1 Å². The fourth-order valence-corrected chi connectivity index (χ4v) is 5.76. The van der Waals surface area contributed by atoms with Gasteiger partial charge in [-0.3, -0.25) is 0 Å². The van der Waals surface area contributed by atoms with E-state index in [1.807, 2.05) is 37.3 Å². The molecule has 0 aliphatic carbocycles. The number of benzene rings is 2. The van der Waals surface area contributed by atoms with E-state index in [0.717, 1.165) is 31.5 Å². The molecule has 0 spiro atoms. The molecule has 1 aliphatic rings. The van der Waals surface area contributed by atoms with Gasteiger partial charge in [0, 0.05) is 13.1 Å². The summed E-state index contributed by atoms with van der Waals surface area (Å²) >= 11 is 0. The highest BCUT2D eigenvalue weighted by molar-refractivity contribution is 7.92. The van der Waals surface area contributed by atoms with Crippen LogP contribution < -0.4 is 4.90 Å². The summed E-state index contributed by atoms with van der Waals surface area (Å²) < 4.78 is 27.3. The van der Waals surface area contributed by atoms with Crippen molar-refractivity contribution in [1.82, 2.24) is 9.97 Å². The first-order valence-corrected chi connectivity index (χ1v) is 12.1. The van der Waals surface area contributed by atoms with Gasteiger partial charge in [-0.1, -0.05) is 31.2 Å². The minimum atomic E-state index is -3.99. The minimum absolute atomic E-state index is 0.173. The van der Waals surface area contributed by atoms with Crippen molar-refractivity contribution in [3.63, 3.8) is 0 Å². The van der Waals surface area contributed by atoms with Crippen molar-refractivity contribution in [3.05, 3.63) is 59.3 Å². The van der Waals surface area contributed by atoms with Crippen molar-refractivity contribution in [1.29, 1.82) is 5.26 Å². The fraction of sp³-hybridized carbons (Fsp3) is 0.375. The average molecular weight is 435 g/mol. The van der Waals surface area contributed by atoms with E-state index in [1.54, 1.807) is 25.1 Å². The van der Waals surface area contributed by atoms with E-state index in [9.17, 15) is 13.7 Å². The van der Waals surface area contributed by atoms with Crippen LogP contribution in [0.15, 0.2) is 47.4 Å². The van der Waals surface area contributed by atoms with Gasteiger partial charge in [-0.2, -0.15) is 5.26 Å². The molecule has 1 saturated heterocycles. The lowest BCUT2D eigenvalue weighted by atomic mass is 9.99. The van der Waals surface area contributed by atoms with Crippen molar-refractivity contribution in [2.45, 2.75) is 43.8 Å². The molecular formula is C24H26N4O2S. The van der Waals surface area contributed by atoms with Gasteiger partial charge < -0.3 is 4.90 Å². The zero-order chi connectivity index (χ0) is 22.2. The van der Waals surface area contributed by atoms with Gasteiger partial charge in [0.25, 0.3) is 0 Å². The number of nitriles is 1. The number of hydrogen-bond donors (Lipinski definition) is 0. The van der Waals surface area contributed by atoms with Crippen molar-refractivity contribution >= 4 is 26.7 Å². The number of hydrogen-bond acceptors (Lipinski definition) is 6. The van der Waals surface area contributed by atoms with Crippen LogP contribution in [0.2, 0.25) is 0 Å². The van der Waals surface area contributed by atoms with Crippen molar-refractivity contribution < 1.29 is 8.42 Å². The van der Waals surface area contributed by atoms with Crippen LogP contribution in [-0.2, 0) is 9.84 Å². The Labute approximate surface area is 183 Å². The Hall–Kier alpha value is -2.98. The molecule has 0 amide bonds. The molecule has 0 unspecified atom stereocenters. The highest BCUT2D eigenvalue weighted by atomic mass is 32.2. The first kappa shape index (κ1) is 21.3. The van der Waals surface area contributed by atoms with E-state index in [4.69, 9.17) is 4.98 Å². The Balaban J connectivity index is 1.91. The zero-order valence-electron chi connectivity index (χ0n) is 18.0. The first-order chi connectivity index (χ1) is 14.8. The van der Waals surface area contributed by atoms with Crippen LogP contribution >= 0.6 is 0 Å². The van der Waals surface area contributed by atoms with Crippen molar-refractivity contribution in [2.75, 3.05) is 18.0 Å². The SMILES string of the molecule is Cc1ccc(C)c(S(=O)(=O)[C@H](C#N)c2nc3ccccc3nc2N2CCC(C)CC2)c1. The zero-order valence-corrected chi connectivity index (χ0v) is 18.9. The molecule has 2 aromatic carbocycles. The Bertz CT molecular complexity index is 1270. The number of rotatable bonds is 4. The number of sulfone groups is 1. The van der Waals surface area contributed by atoms with E-state index in [1.165, 1.54) is 0 Å². The van der Waals surface area contributed by atoms with Crippen LogP contribution in [0.1, 0.15) is 41.8 Å². The van der Waals surface area contributed by atoms with Crippen LogP contribution in [0.25, 0.3) is 11.0 Å².